The standard InChI is InChI=1S/C26H27FN2O5.2C2H6/c1-4-14-17-11-29-21(9-16-18(25(29)31)12-34-26(32)24(16)30)23(17)28-20-10-19(27)13(2)15(22(14)20)7-5-6-8-33-3;2*1-2/h9-10,24,30H,4-8,11-12H2,1-3H3;2*1-2H3. The number of hydrogen-bond acceptors (Lipinski definition) is 6. The van der Waals surface area contributed by atoms with E-state index in [2.05, 4.69) is 6.92 Å². The Morgan fingerprint density at radius 1 is 1.13 bits per heavy atom. The quantitative estimate of drug-likeness (QED) is 0.262. The molecule has 0 saturated carbocycles. The van der Waals surface area contributed by atoms with Gasteiger partial charge in [0.2, 0.25) is 0 Å². The molecule has 2 aromatic heterocycles. The van der Waals surface area contributed by atoms with E-state index in [-0.39, 0.29) is 29.1 Å². The number of unbranched alkanes of at least 4 members (excludes halogenated alkanes) is 1. The molecule has 0 spiro atoms. The molecule has 7 nitrogen and oxygen atoms in total. The maximum Gasteiger partial charge on any atom is 0.340 e. The van der Waals surface area contributed by atoms with E-state index >= 15 is 0 Å². The van der Waals surface area contributed by atoms with Crippen molar-refractivity contribution in [1.82, 2.24) is 9.55 Å². The molecule has 0 aliphatic carbocycles. The number of aryl methyl sites for hydroxylation is 2. The number of nitrogens with zero attached hydrogens (tertiary/aromatic N) is 2. The van der Waals surface area contributed by atoms with Crippen molar-refractivity contribution in [2.24, 2.45) is 0 Å². The van der Waals surface area contributed by atoms with Crippen LogP contribution in [-0.2, 0) is 40.3 Å². The van der Waals surface area contributed by atoms with E-state index in [1.807, 2.05) is 27.7 Å². The van der Waals surface area contributed by atoms with E-state index in [1.54, 1.807) is 24.7 Å². The van der Waals surface area contributed by atoms with Gasteiger partial charge in [-0.1, -0.05) is 34.6 Å². The third-order valence-electron chi connectivity index (χ3n) is 7.07. The van der Waals surface area contributed by atoms with Crippen LogP contribution < -0.4 is 5.56 Å². The number of carbonyl (C=O) groups is 1. The molecule has 8 heteroatoms. The van der Waals surface area contributed by atoms with Gasteiger partial charge in [-0.25, -0.2) is 14.2 Å². The molecular weight excluding hydrogens is 487 g/mol. The number of carbonyl (C=O) groups excluding carboxylic acids is 1. The Hall–Kier alpha value is -3.10. The SMILES string of the molecule is CC.CC.CCc1c2c(nc3cc(F)c(C)c(CCCCOC)c13)-c1cc3c(c(=O)n1C2)COC(=O)C3O. The second kappa shape index (κ2) is 12.6. The number of methoxy groups -OCH3 is 1. The van der Waals surface area contributed by atoms with E-state index < -0.39 is 12.1 Å². The van der Waals surface area contributed by atoms with Gasteiger partial charge in [0.05, 0.1) is 29.0 Å². The minimum atomic E-state index is -1.50. The summed E-state index contributed by atoms with van der Waals surface area (Å²) in [7, 11) is 1.67. The minimum Gasteiger partial charge on any atom is -0.458 e. The van der Waals surface area contributed by atoms with E-state index in [4.69, 9.17) is 14.5 Å². The van der Waals surface area contributed by atoms with Crippen molar-refractivity contribution in [3.05, 3.63) is 61.7 Å². The van der Waals surface area contributed by atoms with Gasteiger partial charge in [-0.2, -0.15) is 0 Å². The van der Waals surface area contributed by atoms with Crippen LogP contribution >= 0.6 is 0 Å². The first-order chi connectivity index (χ1) is 18.4. The predicted octanol–water partition coefficient (Wildman–Crippen LogP) is 5.55. The average Bonchev–Trinajstić information content (AvgIpc) is 3.30. The van der Waals surface area contributed by atoms with Crippen molar-refractivity contribution in [2.45, 2.75) is 86.5 Å². The van der Waals surface area contributed by atoms with Crippen molar-refractivity contribution in [3.63, 3.8) is 0 Å². The topological polar surface area (TPSA) is 90.6 Å². The summed E-state index contributed by atoms with van der Waals surface area (Å²) in [5, 5.41) is 11.3. The van der Waals surface area contributed by atoms with Gasteiger partial charge >= 0.3 is 5.97 Å². The Labute approximate surface area is 223 Å². The molecule has 5 rings (SSSR count). The summed E-state index contributed by atoms with van der Waals surface area (Å²) in [5.41, 5.74) is 5.50. The first-order valence-corrected chi connectivity index (χ1v) is 13.6. The molecule has 0 radical (unpaired) electrons. The molecule has 38 heavy (non-hydrogen) atoms. The highest BCUT2D eigenvalue weighted by Gasteiger charge is 2.34. The van der Waals surface area contributed by atoms with E-state index in [9.17, 15) is 19.1 Å². The van der Waals surface area contributed by atoms with Gasteiger partial charge in [-0.3, -0.25) is 4.79 Å². The van der Waals surface area contributed by atoms with Crippen molar-refractivity contribution < 1.29 is 23.8 Å². The number of esters is 1. The Balaban J connectivity index is 0.000000956. The molecule has 0 bridgehead atoms. The fourth-order valence-corrected chi connectivity index (χ4v) is 5.28. The van der Waals surface area contributed by atoms with Crippen molar-refractivity contribution in [1.29, 1.82) is 0 Å². The van der Waals surface area contributed by atoms with Crippen LogP contribution in [0.3, 0.4) is 0 Å². The summed E-state index contributed by atoms with van der Waals surface area (Å²) in [4.78, 5) is 30.0. The first-order valence-electron chi connectivity index (χ1n) is 13.6. The molecule has 1 aromatic carbocycles. The van der Waals surface area contributed by atoms with Crippen LogP contribution in [0, 0.1) is 12.7 Å². The fourth-order valence-electron chi connectivity index (χ4n) is 5.28. The van der Waals surface area contributed by atoms with Crippen LogP contribution in [0.5, 0.6) is 0 Å². The number of benzene rings is 1. The number of aliphatic hydroxyl groups is 1. The summed E-state index contributed by atoms with van der Waals surface area (Å²) in [5.74, 6) is -1.07. The Morgan fingerprint density at radius 3 is 2.50 bits per heavy atom. The smallest absolute Gasteiger partial charge is 0.340 e. The average molecular weight is 527 g/mol. The van der Waals surface area contributed by atoms with Gasteiger partial charge in [0.15, 0.2) is 6.10 Å². The molecule has 0 saturated heterocycles. The second-order valence-corrected chi connectivity index (χ2v) is 8.94. The summed E-state index contributed by atoms with van der Waals surface area (Å²) >= 11 is 0. The van der Waals surface area contributed by atoms with Gasteiger partial charge in [0.25, 0.3) is 5.56 Å². The number of pyridine rings is 2. The third kappa shape index (κ3) is 4.99. The van der Waals surface area contributed by atoms with Crippen molar-refractivity contribution in [3.8, 4) is 11.4 Å². The third-order valence-corrected chi connectivity index (χ3v) is 7.07. The van der Waals surface area contributed by atoms with Gasteiger partial charge < -0.3 is 19.1 Å². The number of ether oxygens (including phenoxy) is 2. The molecule has 2 aliphatic heterocycles. The lowest BCUT2D eigenvalue weighted by Gasteiger charge is -2.21. The summed E-state index contributed by atoms with van der Waals surface area (Å²) in [6, 6.07) is 3.12. The maximum atomic E-state index is 14.9. The number of rotatable bonds is 6. The molecule has 1 N–H and O–H groups in total. The fraction of sp³-hybridized carbons (Fsp3) is 0.500. The Morgan fingerprint density at radius 2 is 1.84 bits per heavy atom. The van der Waals surface area contributed by atoms with Crippen molar-refractivity contribution in [2.75, 3.05) is 13.7 Å². The molecule has 2 aliphatic rings. The number of aromatic nitrogens is 2. The normalized spacial score (nSPS) is 15.0. The van der Waals surface area contributed by atoms with Crippen LogP contribution in [0.25, 0.3) is 22.3 Å². The predicted molar refractivity (Wildman–Crippen MR) is 147 cm³/mol. The van der Waals surface area contributed by atoms with Crippen LogP contribution in [0.1, 0.15) is 86.9 Å². The Kier molecular flexibility index (Phi) is 9.79. The summed E-state index contributed by atoms with van der Waals surface area (Å²) in [6.45, 7) is 12.7. The molecule has 1 atom stereocenters. The number of fused-ring (bicyclic) bond motifs is 5. The van der Waals surface area contributed by atoms with Crippen LogP contribution in [0.2, 0.25) is 0 Å². The highest BCUT2D eigenvalue weighted by molar-refractivity contribution is 5.92. The largest absolute Gasteiger partial charge is 0.458 e. The monoisotopic (exact) mass is 526 g/mol. The number of halogens is 1. The highest BCUT2D eigenvalue weighted by atomic mass is 19.1. The molecular formula is C30H39FN2O5. The van der Waals surface area contributed by atoms with E-state index in [1.165, 1.54) is 6.07 Å². The molecule has 4 heterocycles. The van der Waals surface area contributed by atoms with E-state index in [0.717, 1.165) is 34.9 Å². The molecule has 206 valence electrons. The zero-order valence-electron chi connectivity index (χ0n) is 23.5. The number of cyclic esters (lactones) is 1. The number of hydrogen-bond donors (Lipinski definition) is 1. The van der Waals surface area contributed by atoms with E-state index in [0.29, 0.717) is 48.5 Å². The summed E-state index contributed by atoms with van der Waals surface area (Å²) < 4.78 is 26.7. The molecule has 0 fully saturated rings. The second-order valence-electron chi connectivity index (χ2n) is 8.94. The zero-order valence-corrected chi connectivity index (χ0v) is 23.5. The Bertz CT molecular complexity index is 1400. The lowest BCUT2D eigenvalue weighted by atomic mass is 9.90. The molecule has 0 amide bonds. The highest BCUT2D eigenvalue weighted by Crippen LogP contribution is 2.40. The van der Waals surface area contributed by atoms with Gasteiger partial charge in [-0.05, 0) is 55.4 Å². The van der Waals surface area contributed by atoms with Crippen molar-refractivity contribution >= 4 is 16.9 Å². The molecule has 1 unspecified atom stereocenters. The zero-order chi connectivity index (χ0) is 28.1. The lowest BCUT2D eigenvalue weighted by Crippen LogP contribution is -2.32. The minimum absolute atomic E-state index is 0.160. The molecule has 3 aromatic rings. The van der Waals surface area contributed by atoms with Crippen LogP contribution in [0.4, 0.5) is 4.39 Å². The van der Waals surface area contributed by atoms with Crippen LogP contribution in [-0.4, -0.2) is 34.3 Å². The number of aliphatic hydroxyl groups excluding tert-OH is 1. The first kappa shape index (κ1) is 29.5. The summed E-state index contributed by atoms with van der Waals surface area (Å²) in [6.07, 6.45) is 1.65. The maximum absolute atomic E-state index is 14.9. The van der Waals surface area contributed by atoms with Crippen LogP contribution in [0.15, 0.2) is 16.9 Å². The lowest BCUT2D eigenvalue weighted by molar-refractivity contribution is -0.157. The van der Waals surface area contributed by atoms with Gasteiger partial charge in [0, 0.05) is 36.3 Å². The van der Waals surface area contributed by atoms with Gasteiger partial charge in [-0.15, -0.1) is 0 Å². The van der Waals surface area contributed by atoms with Gasteiger partial charge in [0.1, 0.15) is 12.4 Å².